The molecule has 3 rings (SSSR count). The lowest BCUT2D eigenvalue weighted by molar-refractivity contribution is 0.0698. The number of carboxylic acids is 1. The summed E-state index contributed by atoms with van der Waals surface area (Å²) in [7, 11) is 0. The molecule has 2 N–H and O–H groups in total. The van der Waals surface area contributed by atoms with Crippen molar-refractivity contribution in [2.75, 3.05) is 5.32 Å². The van der Waals surface area contributed by atoms with E-state index in [1.54, 1.807) is 30.3 Å². The number of hydrogen-bond donors (Lipinski definition) is 2. The van der Waals surface area contributed by atoms with E-state index in [1.165, 1.54) is 30.9 Å². The van der Waals surface area contributed by atoms with Crippen LogP contribution in [0.2, 0.25) is 0 Å². The summed E-state index contributed by atoms with van der Waals surface area (Å²) in [5.74, 6) is -0.727. The van der Waals surface area contributed by atoms with E-state index in [1.807, 2.05) is 12.1 Å². The van der Waals surface area contributed by atoms with Gasteiger partial charge in [0.1, 0.15) is 0 Å². The Kier molecular flexibility index (Phi) is 3.92. The van der Waals surface area contributed by atoms with Gasteiger partial charge in [-0.3, -0.25) is 4.79 Å². The number of carbonyl (C=O) groups is 2. The molecule has 1 fully saturated rings. The van der Waals surface area contributed by atoms with Gasteiger partial charge in [0.25, 0.3) is 5.91 Å². The van der Waals surface area contributed by atoms with Crippen LogP contribution in [-0.4, -0.2) is 17.0 Å². The van der Waals surface area contributed by atoms with Crippen molar-refractivity contribution in [3.63, 3.8) is 0 Å². The molecule has 0 aromatic heterocycles. The third-order valence-electron chi connectivity index (χ3n) is 4.16. The lowest BCUT2D eigenvalue weighted by atomic mass is 9.80. The smallest absolute Gasteiger partial charge is 0.337 e. The van der Waals surface area contributed by atoms with Gasteiger partial charge in [0, 0.05) is 5.56 Å². The summed E-state index contributed by atoms with van der Waals surface area (Å²) in [6.45, 7) is 0. The summed E-state index contributed by atoms with van der Waals surface area (Å²) >= 11 is 0. The summed E-state index contributed by atoms with van der Waals surface area (Å²) in [5, 5.41) is 11.8. The Bertz CT molecular complexity index is 703. The lowest BCUT2D eigenvalue weighted by Gasteiger charge is -2.25. The molecule has 0 unspecified atom stereocenters. The third-order valence-corrected chi connectivity index (χ3v) is 4.16. The topological polar surface area (TPSA) is 66.4 Å². The number of carboxylic acid groups (broad SMARTS) is 1. The normalized spacial score (nSPS) is 14.2. The van der Waals surface area contributed by atoms with Gasteiger partial charge in [0.05, 0.1) is 11.3 Å². The van der Waals surface area contributed by atoms with Crippen molar-refractivity contribution in [2.45, 2.75) is 25.2 Å². The van der Waals surface area contributed by atoms with Gasteiger partial charge in [0.2, 0.25) is 0 Å². The Morgan fingerprint density at radius 3 is 2.27 bits per heavy atom. The predicted molar refractivity (Wildman–Crippen MR) is 84.4 cm³/mol. The van der Waals surface area contributed by atoms with Crippen LogP contribution in [0.15, 0.2) is 48.5 Å². The Morgan fingerprint density at radius 1 is 1.00 bits per heavy atom. The molecule has 1 aliphatic carbocycles. The second kappa shape index (κ2) is 6.02. The molecular weight excluding hydrogens is 278 g/mol. The van der Waals surface area contributed by atoms with Crippen molar-refractivity contribution in [3.8, 4) is 0 Å². The Balaban J connectivity index is 1.75. The zero-order valence-corrected chi connectivity index (χ0v) is 12.1. The van der Waals surface area contributed by atoms with Crippen LogP contribution in [0.3, 0.4) is 0 Å². The van der Waals surface area contributed by atoms with Gasteiger partial charge in [-0.25, -0.2) is 4.79 Å². The largest absolute Gasteiger partial charge is 0.478 e. The van der Waals surface area contributed by atoms with Crippen LogP contribution in [0, 0.1) is 0 Å². The highest BCUT2D eigenvalue weighted by Crippen LogP contribution is 2.36. The van der Waals surface area contributed by atoms with Crippen molar-refractivity contribution in [1.82, 2.24) is 0 Å². The highest BCUT2D eigenvalue weighted by molar-refractivity contribution is 6.07. The van der Waals surface area contributed by atoms with E-state index in [2.05, 4.69) is 5.32 Å². The van der Waals surface area contributed by atoms with Crippen molar-refractivity contribution in [2.24, 2.45) is 0 Å². The van der Waals surface area contributed by atoms with Crippen molar-refractivity contribution in [1.29, 1.82) is 0 Å². The van der Waals surface area contributed by atoms with E-state index >= 15 is 0 Å². The molecule has 0 bridgehead atoms. The highest BCUT2D eigenvalue weighted by atomic mass is 16.4. The molecule has 0 heterocycles. The second-order valence-corrected chi connectivity index (χ2v) is 5.55. The number of anilines is 1. The minimum atomic E-state index is -1.06. The molecule has 2 aromatic rings. The average Bonchev–Trinajstić information content (AvgIpc) is 2.46. The van der Waals surface area contributed by atoms with Crippen molar-refractivity contribution >= 4 is 17.6 Å². The predicted octanol–water partition coefficient (Wildman–Crippen LogP) is 3.90. The Hall–Kier alpha value is -2.62. The van der Waals surface area contributed by atoms with Crippen LogP contribution in [0.1, 0.15) is 51.5 Å². The first-order valence-electron chi connectivity index (χ1n) is 7.39. The van der Waals surface area contributed by atoms with E-state index in [4.69, 9.17) is 5.11 Å². The molecule has 4 heteroatoms. The summed E-state index contributed by atoms with van der Waals surface area (Å²) in [4.78, 5) is 23.4. The zero-order chi connectivity index (χ0) is 15.5. The molecule has 1 aliphatic rings. The molecule has 1 amide bonds. The molecule has 4 nitrogen and oxygen atoms in total. The molecule has 0 aliphatic heterocycles. The number of benzene rings is 2. The quantitative estimate of drug-likeness (QED) is 0.898. The number of carbonyl (C=O) groups excluding carboxylic acids is 1. The van der Waals surface area contributed by atoms with Crippen LogP contribution < -0.4 is 5.32 Å². The van der Waals surface area contributed by atoms with Crippen LogP contribution in [0.5, 0.6) is 0 Å². The van der Waals surface area contributed by atoms with E-state index in [0.29, 0.717) is 17.2 Å². The summed E-state index contributed by atoms with van der Waals surface area (Å²) in [6.07, 6.45) is 3.72. The maximum absolute atomic E-state index is 12.2. The van der Waals surface area contributed by atoms with Crippen LogP contribution in [-0.2, 0) is 0 Å². The second-order valence-electron chi connectivity index (χ2n) is 5.55. The molecule has 0 spiro atoms. The number of aromatic carboxylic acids is 1. The van der Waals surface area contributed by atoms with Gasteiger partial charge in [-0.1, -0.05) is 30.7 Å². The third kappa shape index (κ3) is 2.86. The van der Waals surface area contributed by atoms with Crippen molar-refractivity contribution < 1.29 is 14.7 Å². The van der Waals surface area contributed by atoms with Gasteiger partial charge >= 0.3 is 5.97 Å². The van der Waals surface area contributed by atoms with E-state index in [0.717, 1.165) is 0 Å². The first kappa shape index (κ1) is 14.3. The monoisotopic (exact) mass is 295 g/mol. The van der Waals surface area contributed by atoms with Crippen molar-refractivity contribution in [3.05, 3.63) is 65.2 Å². The Labute approximate surface area is 128 Å². The van der Waals surface area contributed by atoms with E-state index in [-0.39, 0.29) is 11.5 Å². The van der Waals surface area contributed by atoms with Gasteiger partial charge in [-0.05, 0) is 48.6 Å². The molecule has 0 atom stereocenters. The fraction of sp³-hybridized carbons (Fsp3) is 0.222. The maximum atomic E-state index is 12.2. The van der Waals surface area contributed by atoms with Crippen LogP contribution >= 0.6 is 0 Å². The van der Waals surface area contributed by atoms with Gasteiger partial charge in [-0.2, -0.15) is 0 Å². The molecule has 112 valence electrons. The minimum absolute atomic E-state index is 0.0851. The fourth-order valence-corrected chi connectivity index (χ4v) is 2.62. The van der Waals surface area contributed by atoms with Gasteiger partial charge < -0.3 is 10.4 Å². The highest BCUT2D eigenvalue weighted by Gasteiger charge is 2.19. The minimum Gasteiger partial charge on any atom is -0.478 e. The SMILES string of the molecule is O=C(Nc1ccccc1C(=O)O)c1ccc(C2CCC2)cc1. The number of amides is 1. The van der Waals surface area contributed by atoms with E-state index in [9.17, 15) is 9.59 Å². The number of nitrogens with one attached hydrogen (secondary N) is 1. The van der Waals surface area contributed by atoms with Gasteiger partial charge in [-0.15, -0.1) is 0 Å². The molecular formula is C18H17NO3. The summed E-state index contributed by atoms with van der Waals surface area (Å²) < 4.78 is 0. The number of para-hydroxylation sites is 1. The summed E-state index contributed by atoms with van der Waals surface area (Å²) in [6, 6.07) is 14.0. The molecule has 0 saturated heterocycles. The van der Waals surface area contributed by atoms with Crippen LogP contribution in [0.25, 0.3) is 0 Å². The summed E-state index contributed by atoms with van der Waals surface area (Å²) in [5.41, 5.74) is 2.20. The molecule has 22 heavy (non-hydrogen) atoms. The van der Waals surface area contributed by atoms with Gasteiger partial charge in [0.15, 0.2) is 0 Å². The Morgan fingerprint density at radius 2 is 1.68 bits per heavy atom. The average molecular weight is 295 g/mol. The molecule has 2 aromatic carbocycles. The number of hydrogen-bond acceptors (Lipinski definition) is 2. The van der Waals surface area contributed by atoms with E-state index < -0.39 is 5.97 Å². The molecule has 1 saturated carbocycles. The fourth-order valence-electron chi connectivity index (χ4n) is 2.62. The lowest BCUT2D eigenvalue weighted by Crippen LogP contribution is -2.15. The molecule has 0 radical (unpaired) electrons. The first-order valence-corrected chi connectivity index (χ1v) is 7.39. The number of rotatable bonds is 4. The standard InChI is InChI=1S/C18H17NO3/c20-17(19-16-7-2-1-6-15(16)18(21)22)14-10-8-13(9-11-14)12-4-3-5-12/h1-2,6-12H,3-5H2,(H,19,20)(H,21,22). The zero-order valence-electron chi connectivity index (χ0n) is 12.1. The first-order chi connectivity index (χ1) is 10.6. The van der Waals surface area contributed by atoms with Crippen LogP contribution in [0.4, 0.5) is 5.69 Å². The maximum Gasteiger partial charge on any atom is 0.337 e.